The molecule has 0 amide bonds. The van der Waals surface area contributed by atoms with Crippen LogP contribution in [0.5, 0.6) is 0 Å². The van der Waals surface area contributed by atoms with Gasteiger partial charge in [0.15, 0.2) is 5.13 Å². The van der Waals surface area contributed by atoms with Crippen molar-refractivity contribution in [2.24, 2.45) is 0 Å². The minimum absolute atomic E-state index is 0.689. The summed E-state index contributed by atoms with van der Waals surface area (Å²) in [4.78, 5) is 4.51. The number of anilines is 3. The van der Waals surface area contributed by atoms with Crippen LogP contribution in [0, 0.1) is 0 Å². The van der Waals surface area contributed by atoms with E-state index in [4.69, 9.17) is 17.3 Å². The first-order valence-electron chi connectivity index (χ1n) is 5.50. The van der Waals surface area contributed by atoms with Crippen molar-refractivity contribution in [1.29, 1.82) is 0 Å². The van der Waals surface area contributed by atoms with E-state index in [9.17, 15) is 0 Å². The van der Waals surface area contributed by atoms with E-state index in [0.29, 0.717) is 5.02 Å². The Labute approximate surface area is 127 Å². The van der Waals surface area contributed by atoms with Gasteiger partial charge >= 0.3 is 0 Å². The van der Waals surface area contributed by atoms with Crippen LogP contribution < -0.4 is 11.1 Å². The number of hydrogen-bond acceptors (Lipinski definition) is 4. The van der Waals surface area contributed by atoms with Crippen molar-refractivity contribution in [3.8, 4) is 0 Å². The van der Waals surface area contributed by atoms with Crippen LogP contribution in [0.3, 0.4) is 0 Å². The molecule has 0 saturated carbocycles. The fraction of sp³-hybridized carbons (Fsp3) is 0. The Morgan fingerprint density at radius 3 is 2.84 bits per heavy atom. The predicted octanol–water partition coefficient (Wildman–Crippen LogP) is 5.04. The van der Waals surface area contributed by atoms with Crippen molar-refractivity contribution in [3.63, 3.8) is 0 Å². The lowest BCUT2D eigenvalue weighted by atomic mass is 10.3. The van der Waals surface area contributed by atoms with Gasteiger partial charge in [-0.1, -0.05) is 22.9 Å². The normalized spacial score (nSPS) is 10.8. The largest absolute Gasteiger partial charge is 0.399 e. The minimum Gasteiger partial charge on any atom is -0.399 e. The van der Waals surface area contributed by atoms with Gasteiger partial charge in [0.1, 0.15) is 0 Å². The molecule has 0 aliphatic rings. The second-order valence-corrected chi connectivity index (χ2v) is 6.32. The third kappa shape index (κ3) is 2.68. The summed E-state index contributed by atoms with van der Waals surface area (Å²) in [5.41, 5.74) is 8.37. The molecule has 0 spiro atoms. The Kier molecular flexibility index (Phi) is 3.35. The molecule has 3 N–H and O–H groups in total. The number of rotatable bonds is 2. The summed E-state index contributed by atoms with van der Waals surface area (Å²) < 4.78 is 1.96. The molecule has 96 valence electrons. The number of aromatic nitrogens is 1. The van der Waals surface area contributed by atoms with E-state index in [-0.39, 0.29) is 0 Å². The molecule has 1 heterocycles. The van der Waals surface area contributed by atoms with Crippen molar-refractivity contribution in [1.82, 2.24) is 4.98 Å². The zero-order valence-electron chi connectivity index (χ0n) is 9.65. The Morgan fingerprint density at radius 2 is 2.05 bits per heavy atom. The van der Waals surface area contributed by atoms with E-state index in [1.807, 2.05) is 36.4 Å². The van der Waals surface area contributed by atoms with E-state index in [0.717, 1.165) is 31.2 Å². The molecular weight excluding hydrogens is 346 g/mol. The zero-order chi connectivity index (χ0) is 13.4. The number of halogens is 2. The van der Waals surface area contributed by atoms with Crippen molar-refractivity contribution in [2.45, 2.75) is 0 Å². The molecule has 3 rings (SSSR count). The average Bonchev–Trinajstić information content (AvgIpc) is 2.74. The van der Waals surface area contributed by atoms with E-state index in [1.54, 1.807) is 11.3 Å². The highest BCUT2D eigenvalue weighted by molar-refractivity contribution is 9.10. The average molecular weight is 355 g/mol. The van der Waals surface area contributed by atoms with E-state index >= 15 is 0 Å². The Morgan fingerprint density at radius 1 is 1.21 bits per heavy atom. The summed E-state index contributed by atoms with van der Waals surface area (Å²) in [5, 5.41) is 4.78. The number of benzene rings is 2. The number of thiazole rings is 1. The number of hydrogen-bond donors (Lipinski definition) is 2. The maximum absolute atomic E-state index is 5.92. The van der Waals surface area contributed by atoms with E-state index < -0.39 is 0 Å². The third-order valence-corrected chi connectivity index (χ3v) is 4.41. The maximum Gasteiger partial charge on any atom is 0.188 e. The summed E-state index contributed by atoms with van der Waals surface area (Å²) in [7, 11) is 0. The summed E-state index contributed by atoms with van der Waals surface area (Å²) >= 11 is 10.9. The Balaban J connectivity index is 1.96. The number of fused-ring (bicyclic) bond motifs is 1. The van der Waals surface area contributed by atoms with Crippen molar-refractivity contribution >= 4 is 65.6 Å². The lowest BCUT2D eigenvalue weighted by Gasteiger charge is -2.05. The molecule has 0 aliphatic carbocycles. The second kappa shape index (κ2) is 5.00. The molecule has 3 nitrogen and oxygen atoms in total. The Bertz CT molecular complexity index is 757. The van der Waals surface area contributed by atoms with Crippen molar-refractivity contribution in [3.05, 3.63) is 45.9 Å². The third-order valence-electron chi connectivity index (χ3n) is 2.59. The first-order chi connectivity index (χ1) is 9.11. The molecule has 0 atom stereocenters. The van der Waals surface area contributed by atoms with Gasteiger partial charge in [-0.2, -0.15) is 0 Å². The van der Waals surface area contributed by atoms with Gasteiger partial charge in [0.25, 0.3) is 0 Å². The molecule has 0 radical (unpaired) electrons. The molecule has 0 fully saturated rings. The van der Waals surface area contributed by atoms with Crippen LogP contribution in [0.1, 0.15) is 0 Å². The summed E-state index contributed by atoms with van der Waals surface area (Å²) in [5.74, 6) is 0. The van der Waals surface area contributed by atoms with Gasteiger partial charge in [-0.15, -0.1) is 0 Å². The van der Waals surface area contributed by atoms with Gasteiger partial charge in [-0.25, -0.2) is 4.98 Å². The van der Waals surface area contributed by atoms with Crippen LogP contribution in [0.2, 0.25) is 5.02 Å². The lowest BCUT2D eigenvalue weighted by Crippen LogP contribution is -1.90. The van der Waals surface area contributed by atoms with Crippen LogP contribution >= 0.6 is 38.9 Å². The van der Waals surface area contributed by atoms with Gasteiger partial charge in [-0.05, 0) is 52.3 Å². The van der Waals surface area contributed by atoms with Gasteiger partial charge < -0.3 is 11.1 Å². The number of nitrogen functional groups attached to an aromatic ring is 1. The minimum atomic E-state index is 0.689. The topological polar surface area (TPSA) is 50.9 Å². The fourth-order valence-electron chi connectivity index (χ4n) is 1.70. The summed E-state index contributed by atoms with van der Waals surface area (Å²) in [6.45, 7) is 0. The van der Waals surface area contributed by atoms with Crippen LogP contribution in [0.15, 0.2) is 40.9 Å². The standard InChI is InChI=1S/C13H9BrClN3S/c14-9-5-7(15)1-3-10(9)17-13-18-11-4-2-8(16)6-12(11)19-13/h1-6H,16H2,(H,17,18). The fourth-order valence-corrected chi connectivity index (χ4v) is 3.41. The van der Waals surface area contributed by atoms with E-state index in [1.165, 1.54) is 0 Å². The Hall–Kier alpha value is -1.30. The monoisotopic (exact) mass is 353 g/mol. The lowest BCUT2D eigenvalue weighted by molar-refractivity contribution is 1.43. The molecule has 0 bridgehead atoms. The first kappa shape index (κ1) is 12.7. The smallest absolute Gasteiger partial charge is 0.188 e. The second-order valence-electron chi connectivity index (χ2n) is 4.00. The van der Waals surface area contributed by atoms with Crippen LogP contribution in [-0.2, 0) is 0 Å². The van der Waals surface area contributed by atoms with Crippen molar-refractivity contribution < 1.29 is 0 Å². The predicted molar refractivity (Wildman–Crippen MR) is 86.5 cm³/mol. The van der Waals surface area contributed by atoms with Gasteiger partial charge in [0, 0.05) is 15.2 Å². The molecule has 0 unspecified atom stereocenters. The highest BCUT2D eigenvalue weighted by Gasteiger charge is 2.06. The van der Waals surface area contributed by atoms with Crippen LogP contribution in [-0.4, -0.2) is 4.98 Å². The van der Waals surface area contributed by atoms with Gasteiger partial charge in [-0.3, -0.25) is 0 Å². The van der Waals surface area contributed by atoms with E-state index in [2.05, 4.69) is 26.2 Å². The molecule has 0 saturated heterocycles. The molecule has 6 heteroatoms. The van der Waals surface area contributed by atoms with Crippen LogP contribution in [0.25, 0.3) is 10.2 Å². The van der Waals surface area contributed by atoms with Crippen molar-refractivity contribution in [2.75, 3.05) is 11.1 Å². The summed E-state index contributed by atoms with van der Waals surface area (Å²) in [6.07, 6.45) is 0. The number of nitrogens with two attached hydrogens (primary N) is 1. The molecule has 1 aromatic heterocycles. The van der Waals surface area contributed by atoms with Gasteiger partial charge in [0.2, 0.25) is 0 Å². The number of nitrogens with zero attached hydrogens (tertiary/aromatic N) is 1. The zero-order valence-corrected chi connectivity index (χ0v) is 12.8. The van der Waals surface area contributed by atoms with Gasteiger partial charge in [0.05, 0.1) is 15.9 Å². The quantitative estimate of drug-likeness (QED) is 0.634. The molecular formula is C13H9BrClN3S. The highest BCUT2D eigenvalue weighted by atomic mass is 79.9. The van der Waals surface area contributed by atoms with Crippen LogP contribution in [0.4, 0.5) is 16.5 Å². The molecule has 2 aromatic carbocycles. The molecule has 19 heavy (non-hydrogen) atoms. The summed E-state index contributed by atoms with van der Waals surface area (Å²) in [6, 6.07) is 11.3. The maximum atomic E-state index is 5.92. The first-order valence-corrected chi connectivity index (χ1v) is 7.49. The molecule has 0 aliphatic heterocycles. The highest BCUT2D eigenvalue weighted by Crippen LogP contribution is 2.33. The molecule has 3 aromatic rings. The SMILES string of the molecule is Nc1ccc2nc(Nc3ccc(Cl)cc3Br)sc2c1. The number of nitrogens with one attached hydrogen (secondary N) is 1.